The summed E-state index contributed by atoms with van der Waals surface area (Å²) in [4.78, 5) is 17.1. The van der Waals surface area contributed by atoms with Gasteiger partial charge in [-0.3, -0.25) is 4.79 Å². The van der Waals surface area contributed by atoms with E-state index in [1.54, 1.807) is 17.8 Å². The lowest BCUT2D eigenvalue weighted by molar-refractivity contribution is 0.102. The average molecular weight is 401 g/mol. The molecular weight excluding hydrogens is 378 g/mol. The van der Waals surface area contributed by atoms with Gasteiger partial charge in [0.2, 0.25) is 11.7 Å². The van der Waals surface area contributed by atoms with Gasteiger partial charge < -0.3 is 9.84 Å². The Bertz CT molecular complexity index is 1220. The zero-order valence-electron chi connectivity index (χ0n) is 17.4. The molecule has 30 heavy (non-hydrogen) atoms. The number of carbonyl (C=O) groups is 1. The molecule has 0 aliphatic carbocycles. The van der Waals surface area contributed by atoms with Crippen LogP contribution in [-0.4, -0.2) is 25.8 Å². The number of anilines is 1. The smallest absolute Gasteiger partial charge is 0.259 e. The quantitative estimate of drug-likeness (QED) is 0.525. The zero-order chi connectivity index (χ0) is 21.3. The molecule has 0 bridgehead atoms. The molecule has 0 radical (unpaired) electrons. The normalized spacial score (nSPS) is 10.9. The predicted molar refractivity (Wildman–Crippen MR) is 115 cm³/mol. The fourth-order valence-electron chi connectivity index (χ4n) is 3.29. The maximum absolute atomic E-state index is 12.9. The standard InChI is InChI=1S/C23H23N5O2/c1-5-17-7-6-8-19(11-17)25-23(29)20-13-28(26-15(20)3)21-12-18(10-9-14(21)2)22-24-16(4)30-27-22/h6-13H,5H2,1-4H3,(H,25,29). The number of aryl methyl sites for hydroxylation is 4. The Morgan fingerprint density at radius 3 is 2.70 bits per heavy atom. The van der Waals surface area contributed by atoms with Crippen LogP contribution in [0.25, 0.3) is 17.1 Å². The Hall–Kier alpha value is -3.74. The minimum atomic E-state index is -0.186. The molecule has 1 amide bonds. The summed E-state index contributed by atoms with van der Waals surface area (Å²) in [6, 6.07) is 13.7. The molecule has 4 aromatic rings. The fourth-order valence-corrected chi connectivity index (χ4v) is 3.29. The number of hydrogen-bond donors (Lipinski definition) is 1. The third kappa shape index (κ3) is 3.87. The first-order chi connectivity index (χ1) is 14.4. The van der Waals surface area contributed by atoms with Gasteiger partial charge in [-0.25, -0.2) is 4.68 Å². The van der Waals surface area contributed by atoms with Crippen LogP contribution >= 0.6 is 0 Å². The topological polar surface area (TPSA) is 85.8 Å². The fraction of sp³-hybridized carbons (Fsp3) is 0.217. The Balaban J connectivity index is 1.64. The minimum Gasteiger partial charge on any atom is -0.339 e. The van der Waals surface area contributed by atoms with Crippen LogP contribution in [0.5, 0.6) is 0 Å². The van der Waals surface area contributed by atoms with Crippen molar-refractivity contribution in [2.45, 2.75) is 34.1 Å². The zero-order valence-corrected chi connectivity index (χ0v) is 17.4. The Morgan fingerprint density at radius 2 is 1.97 bits per heavy atom. The van der Waals surface area contributed by atoms with Crippen molar-refractivity contribution in [1.82, 2.24) is 19.9 Å². The van der Waals surface area contributed by atoms with Gasteiger partial charge in [0.05, 0.1) is 16.9 Å². The number of hydrogen-bond acceptors (Lipinski definition) is 5. The summed E-state index contributed by atoms with van der Waals surface area (Å²) in [5.74, 6) is 0.842. The summed E-state index contributed by atoms with van der Waals surface area (Å²) >= 11 is 0. The number of nitrogens with one attached hydrogen (secondary N) is 1. The number of aromatic nitrogens is 4. The molecule has 0 spiro atoms. The summed E-state index contributed by atoms with van der Waals surface area (Å²) < 4.78 is 6.81. The van der Waals surface area contributed by atoms with Crippen LogP contribution in [0.2, 0.25) is 0 Å². The summed E-state index contributed by atoms with van der Waals surface area (Å²) in [5, 5.41) is 11.5. The molecule has 1 N–H and O–H groups in total. The van der Waals surface area contributed by atoms with Crippen molar-refractivity contribution in [3.63, 3.8) is 0 Å². The van der Waals surface area contributed by atoms with E-state index in [0.717, 1.165) is 28.9 Å². The molecule has 0 aliphatic heterocycles. The molecule has 2 aromatic heterocycles. The Morgan fingerprint density at radius 1 is 1.13 bits per heavy atom. The van der Waals surface area contributed by atoms with E-state index >= 15 is 0 Å². The predicted octanol–water partition coefficient (Wildman–Crippen LogP) is 4.66. The number of benzene rings is 2. The van der Waals surface area contributed by atoms with Crippen LogP contribution in [0.15, 0.2) is 53.2 Å². The second-order valence-electron chi connectivity index (χ2n) is 7.22. The van der Waals surface area contributed by atoms with E-state index in [-0.39, 0.29) is 5.91 Å². The molecule has 2 aromatic carbocycles. The number of amides is 1. The van der Waals surface area contributed by atoms with Gasteiger partial charge in [0.1, 0.15) is 0 Å². The summed E-state index contributed by atoms with van der Waals surface area (Å²) in [6.45, 7) is 7.66. The molecule has 7 heteroatoms. The number of nitrogens with zero attached hydrogens (tertiary/aromatic N) is 4. The van der Waals surface area contributed by atoms with Crippen LogP contribution in [-0.2, 0) is 6.42 Å². The Kier molecular flexibility index (Phi) is 5.18. The van der Waals surface area contributed by atoms with Crippen LogP contribution in [0.3, 0.4) is 0 Å². The summed E-state index contributed by atoms with van der Waals surface area (Å²) in [7, 11) is 0. The maximum atomic E-state index is 12.9. The molecule has 0 saturated heterocycles. The van der Waals surface area contributed by atoms with E-state index < -0.39 is 0 Å². The highest BCUT2D eigenvalue weighted by Crippen LogP contribution is 2.24. The van der Waals surface area contributed by atoms with Crippen molar-refractivity contribution in [2.24, 2.45) is 0 Å². The second kappa shape index (κ2) is 7.94. The molecule has 2 heterocycles. The molecule has 7 nitrogen and oxygen atoms in total. The SMILES string of the molecule is CCc1cccc(NC(=O)c2cn(-c3cc(-c4noc(C)n4)ccc3C)nc2C)c1. The monoisotopic (exact) mass is 401 g/mol. The highest BCUT2D eigenvalue weighted by Gasteiger charge is 2.16. The lowest BCUT2D eigenvalue weighted by Gasteiger charge is -2.07. The van der Waals surface area contributed by atoms with Crippen molar-refractivity contribution >= 4 is 11.6 Å². The Labute approximate surface area is 174 Å². The molecule has 0 fully saturated rings. The third-order valence-corrected chi connectivity index (χ3v) is 4.98. The molecule has 0 unspecified atom stereocenters. The first-order valence-electron chi connectivity index (χ1n) is 9.83. The molecule has 0 saturated carbocycles. The first-order valence-corrected chi connectivity index (χ1v) is 9.83. The van der Waals surface area contributed by atoms with E-state index in [0.29, 0.717) is 23.0 Å². The van der Waals surface area contributed by atoms with Crippen molar-refractivity contribution < 1.29 is 9.32 Å². The van der Waals surface area contributed by atoms with Crippen LogP contribution < -0.4 is 5.32 Å². The van der Waals surface area contributed by atoms with Crippen molar-refractivity contribution in [2.75, 3.05) is 5.32 Å². The van der Waals surface area contributed by atoms with Gasteiger partial charge in [0.15, 0.2) is 0 Å². The number of carbonyl (C=O) groups excluding carboxylic acids is 1. The van der Waals surface area contributed by atoms with Gasteiger partial charge in [0.25, 0.3) is 5.91 Å². The van der Waals surface area contributed by atoms with Gasteiger partial charge in [-0.1, -0.05) is 36.3 Å². The van der Waals surface area contributed by atoms with Gasteiger partial charge >= 0.3 is 0 Å². The van der Waals surface area contributed by atoms with E-state index in [2.05, 4.69) is 27.5 Å². The van der Waals surface area contributed by atoms with E-state index in [1.165, 1.54) is 5.56 Å². The van der Waals surface area contributed by atoms with Crippen molar-refractivity contribution in [3.05, 3.63) is 76.9 Å². The number of rotatable bonds is 5. The van der Waals surface area contributed by atoms with Crippen LogP contribution in [0.1, 0.15) is 40.0 Å². The van der Waals surface area contributed by atoms with Gasteiger partial charge in [-0.2, -0.15) is 10.1 Å². The van der Waals surface area contributed by atoms with Crippen LogP contribution in [0.4, 0.5) is 5.69 Å². The van der Waals surface area contributed by atoms with Gasteiger partial charge in [-0.15, -0.1) is 0 Å². The van der Waals surface area contributed by atoms with Crippen molar-refractivity contribution in [3.8, 4) is 17.1 Å². The third-order valence-electron chi connectivity index (χ3n) is 4.98. The van der Waals surface area contributed by atoms with E-state index in [9.17, 15) is 4.79 Å². The summed E-state index contributed by atoms with van der Waals surface area (Å²) in [6.07, 6.45) is 2.66. The molecule has 4 rings (SSSR count). The lowest BCUT2D eigenvalue weighted by Crippen LogP contribution is -2.12. The highest BCUT2D eigenvalue weighted by molar-refractivity contribution is 6.05. The van der Waals surface area contributed by atoms with Gasteiger partial charge in [0, 0.05) is 24.4 Å². The first kappa shape index (κ1) is 19.6. The molecule has 152 valence electrons. The molecule has 0 aliphatic rings. The average Bonchev–Trinajstić information content (AvgIpc) is 3.34. The maximum Gasteiger partial charge on any atom is 0.259 e. The van der Waals surface area contributed by atoms with E-state index in [1.807, 2.05) is 56.3 Å². The van der Waals surface area contributed by atoms with Gasteiger partial charge in [-0.05, 0) is 49.6 Å². The van der Waals surface area contributed by atoms with Crippen LogP contribution in [0, 0.1) is 20.8 Å². The lowest BCUT2D eigenvalue weighted by atomic mass is 10.1. The summed E-state index contributed by atoms with van der Waals surface area (Å²) in [5.41, 5.74) is 5.81. The van der Waals surface area contributed by atoms with Crippen molar-refractivity contribution in [1.29, 1.82) is 0 Å². The second-order valence-corrected chi connectivity index (χ2v) is 7.22. The molecule has 0 atom stereocenters. The minimum absolute atomic E-state index is 0.186. The molecular formula is C23H23N5O2. The van der Waals surface area contributed by atoms with E-state index in [4.69, 9.17) is 4.52 Å². The largest absolute Gasteiger partial charge is 0.339 e. The highest BCUT2D eigenvalue weighted by atomic mass is 16.5.